The highest BCUT2D eigenvalue weighted by Crippen LogP contribution is 2.12. The molecule has 0 aliphatic carbocycles. The highest BCUT2D eigenvalue weighted by molar-refractivity contribution is 6.04. The lowest BCUT2D eigenvalue weighted by molar-refractivity contribution is 0.0927. The average molecular weight is 437 g/mol. The van der Waals surface area contributed by atoms with Crippen LogP contribution in [0.5, 0.6) is 0 Å². The van der Waals surface area contributed by atoms with Crippen LogP contribution in [0.3, 0.4) is 0 Å². The molecule has 0 atom stereocenters. The van der Waals surface area contributed by atoms with Gasteiger partial charge in [-0.15, -0.1) is 0 Å². The van der Waals surface area contributed by atoms with Crippen LogP contribution in [0.4, 0.5) is 14.5 Å². The molecule has 32 heavy (non-hydrogen) atoms. The van der Waals surface area contributed by atoms with Crippen LogP contribution < -0.4 is 16.0 Å². The van der Waals surface area contributed by atoms with Gasteiger partial charge in [0.15, 0.2) is 11.6 Å². The second kappa shape index (κ2) is 10.3. The van der Waals surface area contributed by atoms with Crippen molar-refractivity contribution in [3.05, 3.63) is 101 Å². The maximum Gasteiger partial charge on any atom is 0.255 e. The van der Waals surface area contributed by atoms with Gasteiger partial charge in [-0.1, -0.05) is 17.7 Å². The van der Waals surface area contributed by atoms with Crippen LogP contribution in [0.15, 0.2) is 66.7 Å². The van der Waals surface area contributed by atoms with Crippen molar-refractivity contribution in [3.63, 3.8) is 0 Å². The molecular formula is C24H21F2N3O3. The third-order valence-electron chi connectivity index (χ3n) is 4.60. The minimum atomic E-state index is -1.11. The Balaban J connectivity index is 1.45. The maximum absolute atomic E-state index is 13.2. The van der Waals surface area contributed by atoms with E-state index in [1.165, 1.54) is 6.07 Å². The Bertz CT molecular complexity index is 1130. The summed E-state index contributed by atoms with van der Waals surface area (Å²) < 4.78 is 26.1. The molecular weight excluding hydrogens is 416 g/mol. The summed E-state index contributed by atoms with van der Waals surface area (Å²) in [6, 6.07) is 16.4. The predicted octanol–water partition coefficient (Wildman–Crippen LogP) is 3.69. The second-order valence-corrected chi connectivity index (χ2v) is 7.04. The Morgan fingerprint density at radius 3 is 1.75 bits per heavy atom. The number of nitrogens with one attached hydrogen (secondary N) is 3. The van der Waals surface area contributed by atoms with Crippen LogP contribution in [-0.2, 0) is 0 Å². The number of carbonyl (C=O) groups is 3. The Morgan fingerprint density at radius 1 is 0.656 bits per heavy atom. The zero-order chi connectivity index (χ0) is 23.1. The fourth-order valence-corrected chi connectivity index (χ4v) is 2.81. The van der Waals surface area contributed by atoms with Gasteiger partial charge in [0.1, 0.15) is 0 Å². The summed E-state index contributed by atoms with van der Waals surface area (Å²) in [4.78, 5) is 36.4. The lowest BCUT2D eigenvalue weighted by atomic mass is 10.1. The maximum atomic E-state index is 13.2. The van der Waals surface area contributed by atoms with E-state index in [1.54, 1.807) is 36.4 Å². The molecule has 8 heteroatoms. The summed E-state index contributed by atoms with van der Waals surface area (Å²) in [5.41, 5.74) is 2.50. The Labute approximate surface area is 183 Å². The van der Waals surface area contributed by atoms with Crippen LogP contribution >= 0.6 is 0 Å². The lowest BCUT2D eigenvalue weighted by Crippen LogP contribution is -2.34. The van der Waals surface area contributed by atoms with Crippen molar-refractivity contribution in [2.24, 2.45) is 0 Å². The van der Waals surface area contributed by atoms with E-state index < -0.39 is 17.5 Å². The molecule has 0 saturated carbocycles. The fraction of sp³-hybridized carbons (Fsp3) is 0.125. The van der Waals surface area contributed by atoms with Gasteiger partial charge in [-0.2, -0.15) is 0 Å². The molecule has 0 saturated heterocycles. The van der Waals surface area contributed by atoms with Gasteiger partial charge < -0.3 is 16.0 Å². The minimum absolute atomic E-state index is 0.0153. The van der Waals surface area contributed by atoms with Gasteiger partial charge in [0.05, 0.1) is 0 Å². The van der Waals surface area contributed by atoms with Gasteiger partial charge in [0.2, 0.25) is 0 Å². The number of benzene rings is 3. The van der Waals surface area contributed by atoms with Crippen molar-refractivity contribution in [2.75, 3.05) is 18.4 Å². The van der Waals surface area contributed by atoms with E-state index in [9.17, 15) is 23.2 Å². The van der Waals surface area contributed by atoms with Crippen LogP contribution in [0.25, 0.3) is 0 Å². The monoisotopic (exact) mass is 437 g/mol. The van der Waals surface area contributed by atoms with Crippen molar-refractivity contribution < 1.29 is 23.2 Å². The first-order valence-electron chi connectivity index (χ1n) is 9.83. The van der Waals surface area contributed by atoms with Crippen molar-refractivity contribution in [2.45, 2.75) is 6.92 Å². The van der Waals surface area contributed by atoms with E-state index in [-0.39, 0.29) is 30.5 Å². The van der Waals surface area contributed by atoms with Crippen LogP contribution in [0.2, 0.25) is 0 Å². The Hall–Kier alpha value is -4.07. The Kier molecular flexibility index (Phi) is 7.28. The van der Waals surface area contributed by atoms with Crippen molar-refractivity contribution >= 4 is 23.4 Å². The number of halogens is 2. The molecule has 164 valence electrons. The Morgan fingerprint density at radius 2 is 1.16 bits per heavy atom. The molecule has 3 amide bonds. The summed E-state index contributed by atoms with van der Waals surface area (Å²) in [5, 5.41) is 7.92. The van der Waals surface area contributed by atoms with Gasteiger partial charge in [-0.25, -0.2) is 8.78 Å². The second-order valence-electron chi connectivity index (χ2n) is 7.04. The molecule has 0 heterocycles. The highest BCUT2D eigenvalue weighted by atomic mass is 19.2. The molecule has 3 aromatic carbocycles. The van der Waals surface area contributed by atoms with Gasteiger partial charge in [-0.3, -0.25) is 14.4 Å². The first kappa shape index (κ1) is 22.6. The van der Waals surface area contributed by atoms with E-state index in [4.69, 9.17) is 0 Å². The number of rotatable bonds is 7. The number of carbonyl (C=O) groups excluding carboxylic acids is 3. The van der Waals surface area contributed by atoms with Gasteiger partial charge >= 0.3 is 0 Å². The molecule has 0 spiro atoms. The standard InChI is InChI=1S/C24H21F2N3O3/c1-15-2-4-17(5-3-15)24(32)29-19-9-6-16(7-10-19)22(30)27-12-13-28-23(31)18-8-11-20(25)21(26)14-18/h2-11,14H,12-13H2,1H3,(H,27,30)(H,28,31)(H,29,32). The smallest absolute Gasteiger partial charge is 0.255 e. The summed E-state index contributed by atoms with van der Waals surface area (Å²) >= 11 is 0. The molecule has 0 fully saturated rings. The summed E-state index contributed by atoms with van der Waals surface area (Å²) in [5.74, 6) is -3.33. The molecule has 0 radical (unpaired) electrons. The summed E-state index contributed by atoms with van der Waals surface area (Å²) in [6.45, 7) is 2.18. The highest BCUT2D eigenvalue weighted by Gasteiger charge is 2.10. The molecule has 0 bridgehead atoms. The topological polar surface area (TPSA) is 87.3 Å². The van der Waals surface area contributed by atoms with Gasteiger partial charge in [-0.05, 0) is 61.5 Å². The van der Waals surface area contributed by atoms with E-state index in [0.29, 0.717) is 16.8 Å². The molecule has 0 aliphatic rings. The normalized spacial score (nSPS) is 10.3. The largest absolute Gasteiger partial charge is 0.350 e. The van der Waals surface area contributed by atoms with Crippen LogP contribution in [-0.4, -0.2) is 30.8 Å². The van der Waals surface area contributed by atoms with E-state index in [1.807, 2.05) is 19.1 Å². The number of aryl methyl sites for hydroxylation is 1. The third kappa shape index (κ3) is 5.98. The average Bonchev–Trinajstić information content (AvgIpc) is 2.79. The zero-order valence-corrected chi connectivity index (χ0v) is 17.2. The number of hydrogen-bond acceptors (Lipinski definition) is 3. The SMILES string of the molecule is Cc1ccc(C(=O)Nc2ccc(C(=O)NCCNC(=O)c3ccc(F)c(F)c3)cc2)cc1. The molecule has 3 aromatic rings. The first-order chi connectivity index (χ1) is 15.3. The number of anilines is 1. The zero-order valence-electron chi connectivity index (χ0n) is 17.2. The van der Waals surface area contributed by atoms with Crippen molar-refractivity contribution in [1.82, 2.24) is 10.6 Å². The van der Waals surface area contributed by atoms with Crippen molar-refractivity contribution in [3.8, 4) is 0 Å². The number of hydrogen-bond donors (Lipinski definition) is 3. The quantitative estimate of drug-likeness (QED) is 0.493. The van der Waals surface area contributed by atoms with E-state index in [0.717, 1.165) is 17.7 Å². The van der Waals surface area contributed by atoms with Crippen LogP contribution in [0, 0.1) is 18.6 Å². The van der Waals surface area contributed by atoms with E-state index in [2.05, 4.69) is 16.0 Å². The minimum Gasteiger partial charge on any atom is -0.350 e. The summed E-state index contributed by atoms with van der Waals surface area (Å²) in [7, 11) is 0. The molecule has 0 aromatic heterocycles. The van der Waals surface area contributed by atoms with Gasteiger partial charge in [0.25, 0.3) is 17.7 Å². The molecule has 3 N–H and O–H groups in total. The van der Waals surface area contributed by atoms with Crippen molar-refractivity contribution in [1.29, 1.82) is 0 Å². The predicted molar refractivity (Wildman–Crippen MR) is 117 cm³/mol. The van der Waals surface area contributed by atoms with E-state index >= 15 is 0 Å². The van der Waals surface area contributed by atoms with Gasteiger partial charge in [0, 0.05) is 35.5 Å². The molecule has 6 nitrogen and oxygen atoms in total. The fourth-order valence-electron chi connectivity index (χ4n) is 2.81. The third-order valence-corrected chi connectivity index (χ3v) is 4.60. The molecule has 3 rings (SSSR count). The van der Waals surface area contributed by atoms with Crippen LogP contribution in [0.1, 0.15) is 36.6 Å². The number of amides is 3. The first-order valence-corrected chi connectivity index (χ1v) is 9.83. The molecule has 0 aliphatic heterocycles. The molecule has 0 unspecified atom stereocenters. The lowest BCUT2D eigenvalue weighted by Gasteiger charge is -2.09. The summed E-state index contributed by atoms with van der Waals surface area (Å²) in [6.07, 6.45) is 0.